The van der Waals surface area contributed by atoms with Crippen molar-refractivity contribution in [3.05, 3.63) is 95.1 Å². The van der Waals surface area contributed by atoms with E-state index in [1.807, 2.05) is 43.3 Å². The minimum Gasteiger partial charge on any atom is -0.484 e. The number of ether oxygens (including phenoxy) is 2. The average molecular weight is 431 g/mol. The molecule has 0 aliphatic rings. The number of hydrazone groups is 1. The van der Waals surface area contributed by atoms with Crippen molar-refractivity contribution in [3.63, 3.8) is 0 Å². The molecule has 0 radical (unpaired) electrons. The van der Waals surface area contributed by atoms with Gasteiger partial charge in [0, 0.05) is 0 Å². The summed E-state index contributed by atoms with van der Waals surface area (Å²) < 4.78 is 10.8. The van der Waals surface area contributed by atoms with Crippen molar-refractivity contribution < 1.29 is 19.1 Å². The topological polar surface area (TPSA) is 77.0 Å². The highest BCUT2D eigenvalue weighted by molar-refractivity contribution is 5.91. The molecule has 3 aromatic rings. The number of rotatable bonds is 8. The summed E-state index contributed by atoms with van der Waals surface area (Å²) in [5, 5.41) is 3.93. The Labute approximate surface area is 187 Å². The number of benzene rings is 3. The highest BCUT2D eigenvalue weighted by Crippen LogP contribution is 2.18. The standard InChI is InChI=1S/C26H26N2O4/c1-18(2)21-10-14-23(15-11-21)31-17-25(29)28-27-16-20-6-12-24(13-7-20)32-26(30)22-8-4-19(3)5-9-22/h4-16,18H,17H2,1-3H3,(H,28,29)/b27-16-. The summed E-state index contributed by atoms with van der Waals surface area (Å²) >= 11 is 0. The molecule has 0 saturated carbocycles. The van der Waals surface area contributed by atoms with E-state index < -0.39 is 5.97 Å². The lowest BCUT2D eigenvalue weighted by Crippen LogP contribution is -2.24. The molecule has 6 heteroatoms. The first-order chi connectivity index (χ1) is 15.4. The molecular weight excluding hydrogens is 404 g/mol. The van der Waals surface area contributed by atoms with Crippen molar-refractivity contribution >= 4 is 18.1 Å². The van der Waals surface area contributed by atoms with Crippen LogP contribution in [0.25, 0.3) is 0 Å². The van der Waals surface area contributed by atoms with Crippen molar-refractivity contribution in [3.8, 4) is 11.5 Å². The maximum atomic E-state index is 12.2. The second-order valence-corrected chi connectivity index (χ2v) is 7.63. The van der Waals surface area contributed by atoms with Gasteiger partial charge >= 0.3 is 5.97 Å². The number of carbonyl (C=O) groups is 2. The summed E-state index contributed by atoms with van der Waals surface area (Å²) in [7, 11) is 0. The van der Waals surface area contributed by atoms with Crippen LogP contribution in [0.2, 0.25) is 0 Å². The van der Waals surface area contributed by atoms with Gasteiger partial charge < -0.3 is 9.47 Å². The fraction of sp³-hybridized carbons (Fsp3) is 0.192. The summed E-state index contributed by atoms with van der Waals surface area (Å²) in [5.41, 5.74) is 5.94. The van der Waals surface area contributed by atoms with Gasteiger partial charge in [-0.2, -0.15) is 5.10 Å². The zero-order valence-electron chi connectivity index (χ0n) is 18.4. The normalized spacial score (nSPS) is 10.9. The molecule has 0 heterocycles. The summed E-state index contributed by atoms with van der Waals surface area (Å²) in [5.74, 6) is 0.712. The van der Waals surface area contributed by atoms with Crippen molar-refractivity contribution in [1.29, 1.82) is 0 Å². The molecule has 0 saturated heterocycles. The van der Waals surface area contributed by atoms with Gasteiger partial charge in [-0.15, -0.1) is 0 Å². The molecule has 0 spiro atoms. The Balaban J connectivity index is 1.44. The lowest BCUT2D eigenvalue weighted by Gasteiger charge is -2.08. The van der Waals surface area contributed by atoms with Gasteiger partial charge in [-0.3, -0.25) is 4.79 Å². The molecule has 0 bridgehead atoms. The highest BCUT2D eigenvalue weighted by Gasteiger charge is 2.08. The number of amides is 1. The third kappa shape index (κ3) is 6.80. The van der Waals surface area contributed by atoms with E-state index in [0.29, 0.717) is 23.0 Å². The summed E-state index contributed by atoms with van der Waals surface area (Å²) in [6, 6.07) is 21.6. The molecule has 3 rings (SSSR count). The average Bonchev–Trinajstić information content (AvgIpc) is 2.79. The maximum Gasteiger partial charge on any atom is 0.343 e. The van der Waals surface area contributed by atoms with Gasteiger partial charge in [0.15, 0.2) is 6.61 Å². The molecule has 0 aliphatic carbocycles. The van der Waals surface area contributed by atoms with Crippen LogP contribution in [0.3, 0.4) is 0 Å². The molecule has 32 heavy (non-hydrogen) atoms. The monoisotopic (exact) mass is 430 g/mol. The number of nitrogens with one attached hydrogen (secondary N) is 1. The van der Waals surface area contributed by atoms with Crippen LogP contribution in [0.4, 0.5) is 0 Å². The minimum atomic E-state index is -0.419. The Morgan fingerprint density at radius 3 is 2.16 bits per heavy atom. The molecule has 3 aromatic carbocycles. The molecule has 0 unspecified atom stereocenters. The third-order valence-electron chi connectivity index (χ3n) is 4.70. The van der Waals surface area contributed by atoms with Crippen molar-refractivity contribution in [2.24, 2.45) is 5.10 Å². The van der Waals surface area contributed by atoms with Crippen LogP contribution in [-0.4, -0.2) is 24.7 Å². The van der Waals surface area contributed by atoms with Gasteiger partial charge in [-0.25, -0.2) is 10.2 Å². The fourth-order valence-electron chi connectivity index (χ4n) is 2.79. The first-order valence-electron chi connectivity index (χ1n) is 10.3. The molecular formula is C26H26N2O4. The Morgan fingerprint density at radius 1 is 0.906 bits per heavy atom. The number of carbonyl (C=O) groups excluding carboxylic acids is 2. The minimum absolute atomic E-state index is 0.133. The second kappa shape index (κ2) is 10.9. The van der Waals surface area contributed by atoms with Crippen LogP contribution < -0.4 is 14.9 Å². The Kier molecular flexibility index (Phi) is 7.75. The Morgan fingerprint density at radius 2 is 1.53 bits per heavy atom. The summed E-state index contributed by atoms with van der Waals surface area (Å²) in [4.78, 5) is 24.1. The SMILES string of the molecule is Cc1ccc(C(=O)Oc2ccc(/C=N\NC(=O)COc3ccc(C(C)C)cc3)cc2)cc1. The van der Waals surface area contributed by atoms with Crippen LogP contribution in [-0.2, 0) is 4.79 Å². The Hall–Kier alpha value is -3.93. The zero-order valence-corrected chi connectivity index (χ0v) is 18.4. The third-order valence-corrected chi connectivity index (χ3v) is 4.70. The van der Waals surface area contributed by atoms with Crippen LogP contribution >= 0.6 is 0 Å². The van der Waals surface area contributed by atoms with Gasteiger partial charge in [0.1, 0.15) is 11.5 Å². The number of esters is 1. The van der Waals surface area contributed by atoms with Gasteiger partial charge in [0.2, 0.25) is 0 Å². The van der Waals surface area contributed by atoms with Crippen LogP contribution in [0.1, 0.15) is 46.8 Å². The van der Waals surface area contributed by atoms with E-state index >= 15 is 0 Å². The van der Waals surface area contributed by atoms with Gasteiger partial charge in [-0.1, -0.05) is 43.7 Å². The molecule has 6 nitrogen and oxygen atoms in total. The lowest BCUT2D eigenvalue weighted by atomic mass is 10.0. The van der Waals surface area contributed by atoms with E-state index in [1.165, 1.54) is 11.8 Å². The molecule has 1 amide bonds. The second-order valence-electron chi connectivity index (χ2n) is 7.63. The molecule has 0 aromatic heterocycles. The molecule has 164 valence electrons. The number of hydrogen-bond acceptors (Lipinski definition) is 5. The number of nitrogens with zero attached hydrogens (tertiary/aromatic N) is 1. The lowest BCUT2D eigenvalue weighted by molar-refractivity contribution is -0.123. The summed E-state index contributed by atoms with van der Waals surface area (Å²) in [6.07, 6.45) is 1.50. The predicted octanol–water partition coefficient (Wildman–Crippen LogP) is 4.87. The Bertz CT molecular complexity index is 1070. The molecule has 0 aliphatic heterocycles. The largest absolute Gasteiger partial charge is 0.484 e. The number of hydrogen-bond donors (Lipinski definition) is 1. The first kappa shape index (κ1) is 22.7. The van der Waals surface area contributed by atoms with Gasteiger partial charge in [0.05, 0.1) is 11.8 Å². The number of aryl methyl sites for hydroxylation is 1. The van der Waals surface area contributed by atoms with Gasteiger partial charge in [0.25, 0.3) is 5.91 Å². The predicted molar refractivity (Wildman–Crippen MR) is 124 cm³/mol. The van der Waals surface area contributed by atoms with Crippen LogP contribution in [0.15, 0.2) is 77.9 Å². The van der Waals surface area contributed by atoms with E-state index in [1.54, 1.807) is 36.4 Å². The van der Waals surface area contributed by atoms with Gasteiger partial charge in [-0.05, 0) is 72.5 Å². The van der Waals surface area contributed by atoms with Crippen molar-refractivity contribution in [2.75, 3.05) is 6.61 Å². The highest BCUT2D eigenvalue weighted by atomic mass is 16.5. The van der Waals surface area contributed by atoms with Crippen LogP contribution in [0, 0.1) is 6.92 Å². The molecule has 0 atom stereocenters. The smallest absolute Gasteiger partial charge is 0.343 e. The molecule has 1 N–H and O–H groups in total. The maximum absolute atomic E-state index is 12.2. The van der Waals surface area contributed by atoms with E-state index in [4.69, 9.17) is 9.47 Å². The van der Waals surface area contributed by atoms with Crippen molar-refractivity contribution in [1.82, 2.24) is 5.43 Å². The van der Waals surface area contributed by atoms with E-state index in [-0.39, 0.29) is 12.5 Å². The molecule has 0 fully saturated rings. The fourth-order valence-corrected chi connectivity index (χ4v) is 2.79. The van der Waals surface area contributed by atoms with Crippen molar-refractivity contribution in [2.45, 2.75) is 26.7 Å². The van der Waals surface area contributed by atoms with Crippen LogP contribution in [0.5, 0.6) is 11.5 Å². The summed E-state index contributed by atoms with van der Waals surface area (Å²) in [6.45, 7) is 6.06. The van der Waals surface area contributed by atoms with E-state index in [2.05, 4.69) is 24.4 Å². The quantitative estimate of drug-likeness (QED) is 0.239. The first-order valence-corrected chi connectivity index (χ1v) is 10.3. The zero-order chi connectivity index (χ0) is 22.9. The van der Waals surface area contributed by atoms with E-state index in [0.717, 1.165) is 11.1 Å². The van der Waals surface area contributed by atoms with E-state index in [9.17, 15) is 9.59 Å².